The second-order valence-electron chi connectivity index (χ2n) is 8.16. The molecule has 4 heterocycles. The van der Waals surface area contributed by atoms with Gasteiger partial charge in [-0.25, -0.2) is 9.78 Å². The van der Waals surface area contributed by atoms with Crippen molar-refractivity contribution in [2.45, 2.75) is 37.2 Å². The average Bonchev–Trinajstić information content (AvgIpc) is 3.35. The van der Waals surface area contributed by atoms with Gasteiger partial charge in [-0.15, -0.1) is 0 Å². The molecule has 0 bridgehead atoms. The van der Waals surface area contributed by atoms with Crippen LogP contribution in [0.15, 0.2) is 59.7 Å². The number of rotatable bonds is 1. The largest absolute Gasteiger partial charge is 0.449 e. The van der Waals surface area contributed by atoms with E-state index in [0.29, 0.717) is 22.2 Å². The van der Waals surface area contributed by atoms with E-state index in [1.54, 1.807) is 55.5 Å². The van der Waals surface area contributed by atoms with Crippen LogP contribution in [-0.4, -0.2) is 43.9 Å². The quantitative estimate of drug-likeness (QED) is 0.598. The fourth-order valence-corrected chi connectivity index (χ4v) is 5.12. The van der Waals surface area contributed by atoms with Crippen molar-refractivity contribution < 1.29 is 19.5 Å². The maximum Gasteiger partial charge on any atom is 0.330 e. The summed E-state index contributed by atoms with van der Waals surface area (Å²) < 4.78 is 7.21. The molecule has 2 saturated heterocycles. The highest BCUT2D eigenvalue weighted by atomic mass is 16.6. The van der Waals surface area contributed by atoms with Crippen molar-refractivity contribution in [2.24, 2.45) is 0 Å². The molecule has 2 aromatic carbocycles. The Labute approximate surface area is 176 Å². The van der Waals surface area contributed by atoms with Gasteiger partial charge in [-0.05, 0) is 25.1 Å². The molecule has 0 saturated carbocycles. The fourth-order valence-electron chi connectivity index (χ4n) is 5.12. The van der Waals surface area contributed by atoms with E-state index in [1.807, 2.05) is 0 Å². The van der Waals surface area contributed by atoms with Gasteiger partial charge in [0.05, 0.1) is 22.9 Å². The van der Waals surface area contributed by atoms with Crippen LogP contribution < -0.4 is 10.5 Å². The Morgan fingerprint density at radius 2 is 1.84 bits per heavy atom. The fraction of sp³-hybridized carbons (Fsp3) is 0.273. The third-order valence-corrected chi connectivity index (χ3v) is 6.60. The highest BCUT2D eigenvalue weighted by molar-refractivity contribution is 6.02. The van der Waals surface area contributed by atoms with Gasteiger partial charge in [0.1, 0.15) is 12.1 Å². The first-order valence-electron chi connectivity index (χ1n) is 10.0. The smallest absolute Gasteiger partial charge is 0.330 e. The summed E-state index contributed by atoms with van der Waals surface area (Å²) in [7, 11) is 0. The molecule has 1 N–H and O–H groups in total. The standard InChI is InChI=1S/C22H18N4O5/c1-12-18(27)25-16-9-5-3-7-14(16)22(21(25)26(12)30)10-17(20(29)31-22)24-11-23-15-8-4-2-6-13(15)19(24)28/h2-9,11-12,17,21,30H,10H2,1H3/t12-,17-,21-,22-/m0/s1. The Balaban J connectivity index is 1.51. The van der Waals surface area contributed by atoms with Gasteiger partial charge in [-0.2, -0.15) is 5.06 Å². The van der Waals surface area contributed by atoms with Crippen LogP contribution in [-0.2, 0) is 19.9 Å². The number of benzene rings is 2. The number of amides is 1. The molecule has 1 aromatic heterocycles. The Bertz CT molecular complexity index is 1340. The highest BCUT2D eigenvalue weighted by Crippen LogP contribution is 2.56. The van der Waals surface area contributed by atoms with Crippen molar-refractivity contribution in [3.05, 3.63) is 70.8 Å². The lowest BCUT2D eigenvalue weighted by Gasteiger charge is -2.33. The molecule has 3 aromatic rings. The van der Waals surface area contributed by atoms with Gasteiger partial charge in [-0.3, -0.25) is 19.1 Å². The minimum atomic E-state index is -1.29. The number of anilines is 1. The lowest BCUT2D eigenvalue weighted by molar-refractivity contribution is -0.190. The molecule has 4 atom stereocenters. The Morgan fingerprint density at radius 1 is 1.10 bits per heavy atom. The van der Waals surface area contributed by atoms with Crippen LogP contribution in [0.3, 0.4) is 0 Å². The van der Waals surface area contributed by atoms with Crippen LogP contribution in [0.4, 0.5) is 5.69 Å². The maximum absolute atomic E-state index is 13.1. The molecule has 1 spiro atoms. The normalized spacial score (nSPS) is 29.6. The van der Waals surface area contributed by atoms with Gasteiger partial charge in [-0.1, -0.05) is 30.3 Å². The van der Waals surface area contributed by atoms with Crippen molar-refractivity contribution in [1.29, 1.82) is 0 Å². The van der Waals surface area contributed by atoms with E-state index in [0.717, 1.165) is 5.06 Å². The number of esters is 1. The number of hydrogen-bond acceptors (Lipinski definition) is 7. The minimum Gasteiger partial charge on any atom is -0.449 e. The molecule has 6 rings (SSSR count). The molecular weight excluding hydrogens is 400 g/mol. The molecule has 31 heavy (non-hydrogen) atoms. The van der Waals surface area contributed by atoms with Gasteiger partial charge in [0, 0.05) is 12.0 Å². The van der Waals surface area contributed by atoms with Gasteiger partial charge in [0.15, 0.2) is 11.8 Å². The number of hydroxylamine groups is 2. The topological polar surface area (TPSA) is 105 Å². The summed E-state index contributed by atoms with van der Waals surface area (Å²) >= 11 is 0. The van der Waals surface area contributed by atoms with Crippen molar-refractivity contribution in [2.75, 3.05) is 4.90 Å². The van der Waals surface area contributed by atoms with Crippen molar-refractivity contribution in [3.8, 4) is 0 Å². The van der Waals surface area contributed by atoms with E-state index in [9.17, 15) is 19.6 Å². The zero-order valence-electron chi connectivity index (χ0n) is 16.5. The predicted molar refractivity (Wildman–Crippen MR) is 108 cm³/mol. The van der Waals surface area contributed by atoms with E-state index in [2.05, 4.69) is 4.98 Å². The summed E-state index contributed by atoms with van der Waals surface area (Å²) in [6.45, 7) is 1.60. The number of carbonyl (C=O) groups is 2. The monoisotopic (exact) mass is 418 g/mol. The zero-order chi connectivity index (χ0) is 21.5. The third-order valence-electron chi connectivity index (χ3n) is 6.60. The van der Waals surface area contributed by atoms with Crippen LogP contribution >= 0.6 is 0 Å². The molecular formula is C22H18N4O5. The number of hydrogen-bond donors (Lipinski definition) is 1. The van der Waals surface area contributed by atoms with Crippen molar-refractivity contribution in [1.82, 2.24) is 14.6 Å². The average molecular weight is 418 g/mol. The number of aromatic nitrogens is 2. The molecule has 3 aliphatic heterocycles. The van der Waals surface area contributed by atoms with Gasteiger partial charge < -0.3 is 9.94 Å². The summed E-state index contributed by atoms with van der Waals surface area (Å²) in [4.78, 5) is 44.8. The highest BCUT2D eigenvalue weighted by Gasteiger charge is 2.67. The van der Waals surface area contributed by atoms with E-state index in [4.69, 9.17) is 4.74 Å². The van der Waals surface area contributed by atoms with Crippen LogP contribution in [0.1, 0.15) is 24.9 Å². The number of para-hydroxylation sites is 2. The number of fused-ring (bicyclic) bond motifs is 6. The lowest BCUT2D eigenvalue weighted by Crippen LogP contribution is -2.49. The first kappa shape index (κ1) is 18.2. The summed E-state index contributed by atoms with van der Waals surface area (Å²) in [6.07, 6.45) is 0.541. The van der Waals surface area contributed by atoms with Gasteiger partial charge in [0.2, 0.25) is 5.91 Å². The molecule has 3 aliphatic rings. The maximum atomic E-state index is 13.1. The van der Waals surface area contributed by atoms with Crippen molar-refractivity contribution in [3.63, 3.8) is 0 Å². The predicted octanol–water partition coefficient (Wildman–Crippen LogP) is 1.55. The van der Waals surface area contributed by atoms with E-state index in [1.165, 1.54) is 15.8 Å². The molecule has 0 unspecified atom stereocenters. The van der Waals surface area contributed by atoms with E-state index >= 15 is 0 Å². The Kier molecular flexibility index (Phi) is 3.52. The van der Waals surface area contributed by atoms with Crippen LogP contribution in [0.25, 0.3) is 10.9 Å². The van der Waals surface area contributed by atoms with Crippen LogP contribution in [0, 0.1) is 0 Å². The summed E-state index contributed by atoms with van der Waals surface area (Å²) in [5.74, 6) is -0.878. The van der Waals surface area contributed by atoms with Crippen molar-refractivity contribution >= 4 is 28.5 Å². The molecule has 1 amide bonds. The molecule has 9 heteroatoms. The minimum absolute atomic E-state index is 0.0843. The molecule has 2 fully saturated rings. The number of ether oxygens (including phenoxy) is 1. The second kappa shape index (κ2) is 5.99. The number of carbonyl (C=O) groups excluding carboxylic acids is 2. The van der Waals surface area contributed by atoms with Crippen LogP contribution in [0.2, 0.25) is 0 Å². The summed E-state index contributed by atoms with van der Waals surface area (Å²) in [5.41, 5.74) is 0.136. The number of nitrogens with zero attached hydrogens (tertiary/aromatic N) is 4. The van der Waals surface area contributed by atoms with Gasteiger partial charge in [0.25, 0.3) is 5.56 Å². The van der Waals surface area contributed by atoms with Gasteiger partial charge >= 0.3 is 5.97 Å². The first-order chi connectivity index (χ1) is 14.9. The lowest BCUT2D eigenvalue weighted by atomic mass is 9.88. The molecule has 156 valence electrons. The SMILES string of the molecule is C[C@H]1C(=O)N2c3ccccc3[C@@]3(C[C@H](n4cnc5ccccc5c4=O)C(=O)O3)[C@@H]2N1O. The van der Waals surface area contributed by atoms with Crippen LogP contribution in [0.5, 0.6) is 0 Å². The third kappa shape index (κ3) is 2.16. The molecule has 9 nitrogen and oxygen atoms in total. The Hall–Kier alpha value is -3.56. The Morgan fingerprint density at radius 3 is 2.68 bits per heavy atom. The zero-order valence-corrected chi connectivity index (χ0v) is 16.5. The summed E-state index contributed by atoms with van der Waals surface area (Å²) in [6, 6.07) is 12.4. The van der Waals surface area contributed by atoms with E-state index in [-0.39, 0.29) is 17.9 Å². The van der Waals surface area contributed by atoms with E-state index < -0.39 is 29.8 Å². The molecule has 0 aliphatic carbocycles. The molecule has 0 radical (unpaired) electrons. The summed E-state index contributed by atoms with van der Waals surface area (Å²) in [5, 5.41) is 12.1. The first-order valence-corrected chi connectivity index (χ1v) is 10.0. The second-order valence-corrected chi connectivity index (χ2v) is 8.16.